The van der Waals surface area contributed by atoms with Crippen molar-refractivity contribution in [3.8, 4) is 0 Å². The van der Waals surface area contributed by atoms with E-state index in [0.29, 0.717) is 6.04 Å². The van der Waals surface area contributed by atoms with E-state index in [1.54, 1.807) is 0 Å². The van der Waals surface area contributed by atoms with Gasteiger partial charge in [0, 0.05) is 48.0 Å². The average molecular weight is 346 g/mol. The first-order chi connectivity index (χ1) is 11.7. The molecular formula is C20H28ClN3. The molecule has 1 aromatic carbocycles. The van der Waals surface area contributed by atoms with Crippen LogP contribution in [-0.4, -0.2) is 35.6 Å². The van der Waals surface area contributed by atoms with Crippen LogP contribution in [0.5, 0.6) is 0 Å². The maximum atomic E-state index is 6.08. The van der Waals surface area contributed by atoms with Crippen molar-refractivity contribution >= 4 is 28.2 Å². The molecule has 1 aromatic heterocycles. The van der Waals surface area contributed by atoms with E-state index in [1.165, 1.54) is 51.0 Å². The van der Waals surface area contributed by atoms with E-state index in [4.69, 9.17) is 11.6 Å². The zero-order valence-corrected chi connectivity index (χ0v) is 15.5. The van der Waals surface area contributed by atoms with Crippen LogP contribution in [0.2, 0.25) is 5.02 Å². The number of hydrogen-bond acceptors (Lipinski definition) is 3. The van der Waals surface area contributed by atoms with Gasteiger partial charge in [-0.05, 0) is 43.0 Å². The van der Waals surface area contributed by atoms with Gasteiger partial charge in [0.05, 0.1) is 5.52 Å². The minimum atomic E-state index is 0.546. The van der Waals surface area contributed by atoms with Gasteiger partial charge in [-0.15, -0.1) is 0 Å². The number of piperidine rings is 1. The molecular weight excluding hydrogens is 318 g/mol. The van der Waals surface area contributed by atoms with Crippen LogP contribution >= 0.6 is 11.6 Å². The lowest BCUT2D eigenvalue weighted by Gasteiger charge is -2.34. The number of aromatic nitrogens is 1. The third kappa shape index (κ3) is 4.20. The van der Waals surface area contributed by atoms with Crippen LogP contribution in [0.4, 0.5) is 5.69 Å². The van der Waals surface area contributed by atoms with Crippen LogP contribution in [0, 0.1) is 5.92 Å². The first-order valence-electron chi connectivity index (χ1n) is 9.22. The zero-order valence-electron chi connectivity index (χ0n) is 14.8. The highest BCUT2D eigenvalue weighted by molar-refractivity contribution is 6.31. The summed E-state index contributed by atoms with van der Waals surface area (Å²) in [4.78, 5) is 7.07. The monoisotopic (exact) mass is 345 g/mol. The third-order valence-corrected chi connectivity index (χ3v) is 5.56. The van der Waals surface area contributed by atoms with Gasteiger partial charge in [-0.2, -0.15) is 0 Å². The Morgan fingerprint density at radius 3 is 2.67 bits per heavy atom. The van der Waals surface area contributed by atoms with Crippen LogP contribution in [0.3, 0.4) is 0 Å². The van der Waals surface area contributed by atoms with Gasteiger partial charge in [0.1, 0.15) is 0 Å². The summed E-state index contributed by atoms with van der Waals surface area (Å²) in [6.45, 7) is 8.27. The smallest absolute Gasteiger partial charge is 0.0737 e. The standard InChI is InChI=1S/C20H28ClN3/c1-3-15(4-2)14-24-11-8-17(9-12-24)23-19-7-10-22-20-13-16(21)5-6-18(19)20/h5-7,10,13,15,17H,3-4,8-9,11-12,14H2,1-2H3,(H,22,23). The highest BCUT2D eigenvalue weighted by Gasteiger charge is 2.21. The number of rotatable bonds is 6. The van der Waals surface area contributed by atoms with Crippen molar-refractivity contribution in [2.24, 2.45) is 5.92 Å². The van der Waals surface area contributed by atoms with Crippen molar-refractivity contribution in [3.05, 3.63) is 35.5 Å². The second-order valence-corrected chi connectivity index (χ2v) is 7.36. The van der Waals surface area contributed by atoms with Crippen molar-refractivity contribution in [1.82, 2.24) is 9.88 Å². The van der Waals surface area contributed by atoms with Crippen LogP contribution in [0.15, 0.2) is 30.5 Å². The SMILES string of the molecule is CCC(CC)CN1CCC(Nc2ccnc3cc(Cl)ccc23)CC1. The Labute approximate surface area is 150 Å². The number of fused-ring (bicyclic) bond motifs is 1. The Morgan fingerprint density at radius 2 is 1.96 bits per heavy atom. The molecule has 0 aliphatic carbocycles. The highest BCUT2D eigenvalue weighted by atomic mass is 35.5. The molecule has 0 unspecified atom stereocenters. The first-order valence-corrected chi connectivity index (χ1v) is 9.60. The molecule has 3 rings (SSSR count). The molecule has 0 radical (unpaired) electrons. The maximum absolute atomic E-state index is 6.08. The third-order valence-electron chi connectivity index (χ3n) is 5.32. The Morgan fingerprint density at radius 1 is 1.21 bits per heavy atom. The molecule has 24 heavy (non-hydrogen) atoms. The van der Waals surface area contributed by atoms with Crippen molar-refractivity contribution in [1.29, 1.82) is 0 Å². The Hall–Kier alpha value is -1.32. The van der Waals surface area contributed by atoms with Crippen molar-refractivity contribution in [2.45, 2.75) is 45.6 Å². The number of hydrogen-bond donors (Lipinski definition) is 1. The summed E-state index contributed by atoms with van der Waals surface area (Å²) < 4.78 is 0. The molecule has 0 saturated carbocycles. The van der Waals surface area contributed by atoms with E-state index in [-0.39, 0.29) is 0 Å². The van der Waals surface area contributed by atoms with E-state index in [1.807, 2.05) is 18.3 Å². The number of pyridine rings is 1. The molecule has 1 saturated heterocycles. The fraction of sp³-hybridized carbons (Fsp3) is 0.550. The van der Waals surface area contributed by atoms with Crippen LogP contribution in [0.25, 0.3) is 10.9 Å². The number of nitrogens with zero attached hydrogens (tertiary/aromatic N) is 2. The van der Waals surface area contributed by atoms with E-state index >= 15 is 0 Å². The fourth-order valence-electron chi connectivity index (χ4n) is 3.64. The second kappa shape index (κ2) is 8.17. The molecule has 1 aliphatic rings. The molecule has 0 bridgehead atoms. The molecule has 0 amide bonds. The normalized spacial score (nSPS) is 16.8. The van der Waals surface area contributed by atoms with Gasteiger partial charge in [0.25, 0.3) is 0 Å². The van der Waals surface area contributed by atoms with E-state index in [2.05, 4.69) is 41.2 Å². The van der Waals surface area contributed by atoms with Crippen LogP contribution in [0.1, 0.15) is 39.5 Å². The summed E-state index contributed by atoms with van der Waals surface area (Å²) in [7, 11) is 0. The number of halogens is 1. The van der Waals surface area contributed by atoms with Gasteiger partial charge in [-0.1, -0.05) is 38.3 Å². The molecule has 2 heterocycles. The lowest BCUT2D eigenvalue weighted by atomic mass is 9.99. The minimum absolute atomic E-state index is 0.546. The molecule has 4 heteroatoms. The van der Waals surface area contributed by atoms with Crippen molar-refractivity contribution in [2.75, 3.05) is 25.0 Å². The molecule has 1 aliphatic heterocycles. The lowest BCUT2D eigenvalue weighted by molar-refractivity contribution is 0.183. The summed E-state index contributed by atoms with van der Waals surface area (Å²) in [5.74, 6) is 0.850. The van der Waals surface area contributed by atoms with Gasteiger partial charge in [-0.3, -0.25) is 4.98 Å². The Kier molecular flexibility index (Phi) is 5.96. The maximum Gasteiger partial charge on any atom is 0.0737 e. The van der Waals surface area contributed by atoms with Crippen LogP contribution < -0.4 is 5.32 Å². The number of nitrogens with one attached hydrogen (secondary N) is 1. The van der Waals surface area contributed by atoms with Crippen molar-refractivity contribution < 1.29 is 0 Å². The Bertz CT molecular complexity index is 661. The topological polar surface area (TPSA) is 28.2 Å². The molecule has 1 N–H and O–H groups in total. The second-order valence-electron chi connectivity index (χ2n) is 6.92. The number of likely N-dealkylation sites (tertiary alicyclic amines) is 1. The summed E-state index contributed by atoms with van der Waals surface area (Å²) in [6.07, 6.45) is 6.86. The molecule has 3 nitrogen and oxygen atoms in total. The molecule has 2 aromatic rings. The van der Waals surface area contributed by atoms with Gasteiger partial charge < -0.3 is 10.2 Å². The summed E-state index contributed by atoms with van der Waals surface area (Å²) in [6, 6.07) is 8.56. The predicted molar refractivity (Wildman–Crippen MR) is 104 cm³/mol. The molecule has 0 spiro atoms. The fourth-order valence-corrected chi connectivity index (χ4v) is 3.81. The van der Waals surface area contributed by atoms with E-state index in [9.17, 15) is 0 Å². The van der Waals surface area contributed by atoms with E-state index in [0.717, 1.165) is 21.8 Å². The van der Waals surface area contributed by atoms with Gasteiger partial charge in [0.2, 0.25) is 0 Å². The van der Waals surface area contributed by atoms with Gasteiger partial charge in [-0.25, -0.2) is 0 Å². The van der Waals surface area contributed by atoms with Gasteiger partial charge >= 0.3 is 0 Å². The zero-order chi connectivity index (χ0) is 16.9. The molecule has 1 fully saturated rings. The summed E-state index contributed by atoms with van der Waals surface area (Å²) >= 11 is 6.08. The molecule has 130 valence electrons. The summed E-state index contributed by atoms with van der Waals surface area (Å²) in [5.41, 5.74) is 2.13. The largest absolute Gasteiger partial charge is 0.382 e. The predicted octanol–water partition coefficient (Wildman–Crippen LogP) is 5.20. The average Bonchev–Trinajstić information content (AvgIpc) is 2.61. The number of benzene rings is 1. The minimum Gasteiger partial charge on any atom is -0.382 e. The first kappa shape index (κ1) is 17.5. The van der Waals surface area contributed by atoms with E-state index < -0.39 is 0 Å². The Balaban J connectivity index is 1.60. The number of anilines is 1. The van der Waals surface area contributed by atoms with Gasteiger partial charge in [0.15, 0.2) is 0 Å². The summed E-state index contributed by atoms with van der Waals surface area (Å²) in [5, 5.41) is 5.63. The van der Waals surface area contributed by atoms with Crippen molar-refractivity contribution in [3.63, 3.8) is 0 Å². The highest BCUT2D eigenvalue weighted by Crippen LogP contribution is 2.26. The molecule has 0 atom stereocenters. The quantitative estimate of drug-likeness (QED) is 0.779. The van der Waals surface area contributed by atoms with Crippen LogP contribution in [-0.2, 0) is 0 Å². The lowest BCUT2D eigenvalue weighted by Crippen LogP contribution is -2.41.